The van der Waals surface area contributed by atoms with Crippen LogP contribution in [0.25, 0.3) is 0 Å². The van der Waals surface area contributed by atoms with E-state index in [1.54, 1.807) is 0 Å². The molecule has 112 valence electrons. The lowest BCUT2D eigenvalue weighted by molar-refractivity contribution is -0.0385. The van der Waals surface area contributed by atoms with Crippen molar-refractivity contribution < 1.29 is 8.78 Å². The zero-order valence-electron chi connectivity index (χ0n) is 12.6. The van der Waals surface area contributed by atoms with Crippen LogP contribution in [0.1, 0.15) is 69.3 Å². The van der Waals surface area contributed by atoms with Gasteiger partial charge in [0.15, 0.2) is 0 Å². The highest BCUT2D eigenvalue weighted by atomic mass is 79.9. The summed E-state index contributed by atoms with van der Waals surface area (Å²) in [6.45, 7) is 8.45. The summed E-state index contributed by atoms with van der Waals surface area (Å²) in [5.74, 6) is -2.34. The van der Waals surface area contributed by atoms with Crippen LogP contribution in [0.15, 0.2) is 10.5 Å². The first-order valence-electron chi connectivity index (χ1n) is 7.15. The van der Waals surface area contributed by atoms with Crippen LogP contribution in [-0.4, -0.2) is 10.9 Å². The van der Waals surface area contributed by atoms with Gasteiger partial charge < -0.3 is 0 Å². The first-order chi connectivity index (χ1) is 9.10. The minimum Gasteiger partial charge on any atom is -0.256 e. The molecule has 0 amide bonds. The number of hydrogen-bond acceptors (Lipinski definition) is 1. The van der Waals surface area contributed by atoms with Gasteiger partial charge in [0.25, 0.3) is 0 Å². The van der Waals surface area contributed by atoms with Crippen LogP contribution in [0.3, 0.4) is 0 Å². The Morgan fingerprint density at radius 1 is 1.25 bits per heavy atom. The molecule has 1 heterocycles. The molecule has 1 aromatic heterocycles. The van der Waals surface area contributed by atoms with Gasteiger partial charge in [-0.2, -0.15) is 0 Å². The van der Waals surface area contributed by atoms with Gasteiger partial charge in [0, 0.05) is 34.3 Å². The molecule has 1 aliphatic carbocycles. The van der Waals surface area contributed by atoms with E-state index in [9.17, 15) is 8.78 Å². The van der Waals surface area contributed by atoms with Crippen molar-refractivity contribution >= 4 is 15.9 Å². The number of aromatic nitrogens is 1. The molecule has 0 atom stereocenters. The lowest BCUT2D eigenvalue weighted by Crippen LogP contribution is -2.25. The Balaban J connectivity index is 2.33. The number of nitrogens with zero attached hydrogens (tertiary/aromatic N) is 1. The molecule has 0 N–H and O–H groups in total. The third kappa shape index (κ3) is 3.38. The Morgan fingerprint density at radius 3 is 2.30 bits per heavy atom. The first-order valence-corrected chi connectivity index (χ1v) is 7.95. The van der Waals surface area contributed by atoms with E-state index in [4.69, 9.17) is 4.98 Å². The molecule has 4 heteroatoms. The molecule has 20 heavy (non-hydrogen) atoms. The fourth-order valence-electron chi connectivity index (χ4n) is 2.95. The van der Waals surface area contributed by atoms with E-state index in [0.717, 1.165) is 21.4 Å². The van der Waals surface area contributed by atoms with Crippen LogP contribution < -0.4 is 0 Å². The maximum absolute atomic E-state index is 13.3. The Bertz CT molecular complexity index is 496. The molecule has 1 fully saturated rings. The number of rotatable bonds is 1. The average Bonchev–Trinajstić information content (AvgIpc) is 2.28. The zero-order chi connectivity index (χ0) is 15.1. The smallest absolute Gasteiger partial charge is 0.248 e. The summed E-state index contributed by atoms with van der Waals surface area (Å²) < 4.78 is 27.5. The maximum Gasteiger partial charge on any atom is 0.248 e. The standard InChI is InChI=1S/C16H22BrF2N/c1-10-9-12(17)13(20-14(10)15(2,3)4)11-5-7-16(18,19)8-6-11/h9,11H,5-8H2,1-4H3. The van der Waals surface area contributed by atoms with Crippen molar-refractivity contribution in [2.75, 3.05) is 0 Å². The summed E-state index contributed by atoms with van der Waals surface area (Å²) in [5, 5.41) is 0. The molecule has 1 aliphatic rings. The SMILES string of the molecule is Cc1cc(Br)c(C2CCC(F)(F)CC2)nc1C(C)(C)C. The van der Waals surface area contributed by atoms with Gasteiger partial charge in [-0.05, 0) is 47.3 Å². The second-order valence-electron chi connectivity index (χ2n) is 6.90. The molecular weight excluding hydrogens is 324 g/mol. The lowest BCUT2D eigenvalue weighted by atomic mass is 9.83. The molecule has 1 aromatic rings. The van der Waals surface area contributed by atoms with E-state index in [1.165, 1.54) is 0 Å². The highest BCUT2D eigenvalue weighted by Crippen LogP contribution is 2.43. The first kappa shape index (κ1) is 15.9. The van der Waals surface area contributed by atoms with Crippen molar-refractivity contribution in [1.29, 1.82) is 0 Å². The van der Waals surface area contributed by atoms with Crippen LogP contribution in [-0.2, 0) is 5.41 Å². The molecule has 1 nitrogen and oxygen atoms in total. The fourth-order valence-corrected chi connectivity index (χ4v) is 3.71. The second-order valence-corrected chi connectivity index (χ2v) is 7.76. The van der Waals surface area contributed by atoms with Gasteiger partial charge >= 0.3 is 0 Å². The number of halogens is 3. The number of alkyl halides is 2. The summed E-state index contributed by atoms with van der Waals surface area (Å²) in [4.78, 5) is 4.82. The summed E-state index contributed by atoms with van der Waals surface area (Å²) in [5.41, 5.74) is 3.14. The molecule has 0 radical (unpaired) electrons. The molecule has 0 aliphatic heterocycles. The van der Waals surface area contributed by atoms with Gasteiger partial charge in [0.2, 0.25) is 5.92 Å². The van der Waals surface area contributed by atoms with E-state index in [-0.39, 0.29) is 24.2 Å². The minimum absolute atomic E-state index is 0.0233. The zero-order valence-corrected chi connectivity index (χ0v) is 14.2. The second kappa shape index (κ2) is 5.36. The minimum atomic E-state index is -2.49. The maximum atomic E-state index is 13.3. The molecular formula is C16H22BrF2N. The van der Waals surface area contributed by atoms with E-state index >= 15 is 0 Å². The van der Waals surface area contributed by atoms with Gasteiger partial charge in [0.1, 0.15) is 0 Å². The topological polar surface area (TPSA) is 12.9 Å². The Morgan fingerprint density at radius 2 is 1.80 bits per heavy atom. The van der Waals surface area contributed by atoms with E-state index < -0.39 is 5.92 Å². The van der Waals surface area contributed by atoms with E-state index in [1.807, 2.05) is 0 Å². The van der Waals surface area contributed by atoms with Crippen molar-refractivity contribution in [3.05, 3.63) is 27.5 Å². The summed E-state index contributed by atoms with van der Waals surface area (Å²) in [6, 6.07) is 2.08. The third-order valence-electron chi connectivity index (χ3n) is 4.01. The Labute approximate surface area is 128 Å². The Kier molecular flexibility index (Phi) is 4.25. The fraction of sp³-hybridized carbons (Fsp3) is 0.688. The van der Waals surface area contributed by atoms with E-state index in [0.29, 0.717) is 12.8 Å². The lowest BCUT2D eigenvalue weighted by Gasteiger charge is -2.30. The molecule has 0 bridgehead atoms. The normalized spacial score (nSPS) is 20.1. The molecule has 1 saturated carbocycles. The largest absolute Gasteiger partial charge is 0.256 e. The van der Waals surface area contributed by atoms with Gasteiger partial charge in [-0.1, -0.05) is 20.8 Å². The van der Waals surface area contributed by atoms with Crippen molar-refractivity contribution in [2.45, 2.75) is 70.6 Å². The average molecular weight is 346 g/mol. The summed E-state index contributed by atoms with van der Waals surface area (Å²) >= 11 is 3.56. The van der Waals surface area contributed by atoms with Gasteiger partial charge in [-0.15, -0.1) is 0 Å². The summed E-state index contributed by atoms with van der Waals surface area (Å²) in [6.07, 6.45) is 0.992. The quantitative estimate of drug-likeness (QED) is 0.632. The van der Waals surface area contributed by atoms with Crippen molar-refractivity contribution in [2.24, 2.45) is 0 Å². The Hall–Kier alpha value is -0.510. The highest BCUT2D eigenvalue weighted by Gasteiger charge is 2.36. The predicted molar refractivity (Wildman–Crippen MR) is 81.5 cm³/mol. The number of aryl methyl sites for hydroxylation is 1. The van der Waals surface area contributed by atoms with Crippen LogP contribution in [0.4, 0.5) is 8.78 Å². The monoisotopic (exact) mass is 345 g/mol. The van der Waals surface area contributed by atoms with Gasteiger partial charge in [0.05, 0.1) is 5.69 Å². The van der Waals surface area contributed by atoms with Gasteiger partial charge in [-0.25, -0.2) is 8.78 Å². The molecule has 0 spiro atoms. The molecule has 0 aromatic carbocycles. The van der Waals surface area contributed by atoms with Crippen molar-refractivity contribution in [3.8, 4) is 0 Å². The van der Waals surface area contributed by atoms with Crippen LogP contribution >= 0.6 is 15.9 Å². The van der Waals surface area contributed by atoms with Crippen molar-refractivity contribution in [3.63, 3.8) is 0 Å². The van der Waals surface area contributed by atoms with Crippen molar-refractivity contribution in [1.82, 2.24) is 4.98 Å². The highest BCUT2D eigenvalue weighted by molar-refractivity contribution is 9.10. The predicted octanol–water partition coefficient (Wildman–Crippen LogP) is 5.74. The third-order valence-corrected chi connectivity index (χ3v) is 4.64. The molecule has 2 rings (SSSR count). The number of pyridine rings is 1. The van der Waals surface area contributed by atoms with Gasteiger partial charge in [-0.3, -0.25) is 4.98 Å². The van der Waals surface area contributed by atoms with Crippen LogP contribution in [0.2, 0.25) is 0 Å². The van der Waals surface area contributed by atoms with Crippen LogP contribution in [0, 0.1) is 6.92 Å². The summed E-state index contributed by atoms with van der Waals surface area (Å²) in [7, 11) is 0. The molecule has 0 saturated heterocycles. The van der Waals surface area contributed by atoms with Crippen LogP contribution in [0.5, 0.6) is 0 Å². The number of hydrogen-bond donors (Lipinski definition) is 0. The van der Waals surface area contributed by atoms with E-state index in [2.05, 4.69) is 49.7 Å². The molecule has 0 unspecified atom stereocenters.